The number of alkyl carbamates (subject to hydrolysis) is 1. The minimum absolute atomic E-state index is 0.0277. The van der Waals surface area contributed by atoms with Crippen LogP contribution in [0.5, 0.6) is 0 Å². The molecule has 1 aromatic heterocycles. The lowest BCUT2D eigenvalue weighted by Crippen LogP contribution is -2.48. The zero-order valence-electron chi connectivity index (χ0n) is 26.4. The first-order chi connectivity index (χ1) is 21.6. The molecule has 10 heteroatoms. The Bertz CT molecular complexity index is 1400. The molecule has 2 amide bonds. The van der Waals surface area contributed by atoms with Crippen LogP contribution in [0, 0.1) is 0 Å². The van der Waals surface area contributed by atoms with Gasteiger partial charge in [-0.1, -0.05) is 116 Å². The van der Waals surface area contributed by atoms with E-state index >= 15 is 0 Å². The number of unbranched alkanes of at least 4 members (excludes halogenated alkanes) is 1. The quantitative estimate of drug-likeness (QED) is 0.108. The normalized spacial score (nSPS) is 13.1. The average molecular weight is 630 g/mol. The highest BCUT2D eigenvalue weighted by atomic mass is 32.1. The molecular weight excluding hydrogens is 586 g/mol. The van der Waals surface area contributed by atoms with Crippen LogP contribution >= 0.6 is 11.3 Å². The number of carbonyl (C=O) groups is 2. The van der Waals surface area contributed by atoms with E-state index in [-0.39, 0.29) is 18.9 Å². The first kappa shape index (κ1) is 33.8. The van der Waals surface area contributed by atoms with Gasteiger partial charge in [0.15, 0.2) is 0 Å². The van der Waals surface area contributed by atoms with Crippen molar-refractivity contribution in [2.45, 2.75) is 70.2 Å². The van der Waals surface area contributed by atoms with Crippen LogP contribution in [0.3, 0.4) is 0 Å². The van der Waals surface area contributed by atoms with Gasteiger partial charge >= 0.3 is 6.09 Å². The topological polar surface area (TPSA) is 128 Å². The Morgan fingerprint density at radius 1 is 0.844 bits per heavy atom. The van der Waals surface area contributed by atoms with Crippen LogP contribution in [-0.2, 0) is 19.8 Å². The molecule has 238 valence electrons. The van der Waals surface area contributed by atoms with Crippen molar-refractivity contribution in [3.05, 3.63) is 118 Å². The second kappa shape index (κ2) is 15.7. The molecule has 1 heterocycles. The lowest BCUT2D eigenvalue weighted by atomic mass is 9.77. The summed E-state index contributed by atoms with van der Waals surface area (Å²) < 4.78 is 11.3. The van der Waals surface area contributed by atoms with Crippen molar-refractivity contribution in [2.75, 3.05) is 13.2 Å². The van der Waals surface area contributed by atoms with Crippen LogP contribution in [0.15, 0.2) is 91.0 Å². The monoisotopic (exact) mass is 629 g/mol. The maximum Gasteiger partial charge on any atom is 0.408 e. The molecule has 0 unspecified atom stereocenters. The number of carbonyl (C=O) groups excluding carboxylic acids is 2. The van der Waals surface area contributed by atoms with E-state index in [1.54, 1.807) is 20.8 Å². The van der Waals surface area contributed by atoms with Gasteiger partial charge in [0.05, 0.1) is 12.6 Å². The second-order valence-electron chi connectivity index (χ2n) is 11.8. The van der Waals surface area contributed by atoms with Crippen molar-refractivity contribution in [2.24, 2.45) is 5.73 Å². The predicted octanol–water partition coefficient (Wildman–Crippen LogP) is 6.42. The third-order valence-electron chi connectivity index (χ3n) is 7.04. The van der Waals surface area contributed by atoms with Crippen molar-refractivity contribution in [1.82, 2.24) is 20.8 Å². The molecule has 0 radical (unpaired) electrons. The number of hydrogen-bond donors (Lipinski definition) is 3. The Labute approximate surface area is 269 Å². The van der Waals surface area contributed by atoms with E-state index in [1.165, 1.54) is 11.3 Å². The fourth-order valence-electron chi connectivity index (χ4n) is 4.94. The van der Waals surface area contributed by atoms with Gasteiger partial charge in [-0.05, 0) is 43.9 Å². The molecule has 0 aliphatic heterocycles. The zero-order valence-corrected chi connectivity index (χ0v) is 27.2. The SMILES string of the molecule is CCCCOC[C@H](NC(=O)OC(C)(C)C)c1nnc([C@@H](N)CC(=O)NC(c2ccccc2)(c2ccccc2)c2ccccc2)s1. The van der Waals surface area contributed by atoms with E-state index < -0.39 is 29.3 Å². The minimum Gasteiger partial charge on any atom is -0.444 e. The molecule has 4 aromatic rings. The van der Waals surface area contributed by atoms with Gasteiger partial charge in [-0.3, -0.25) is 4.79 Å². The molecule has 0 saturated carbocycles. The largest absolute Gasteiger partial charge is 0.444 e. The van der Waals surface area contributed by atoms with Crippen LogP contribution in [-0.4, -0.2) is 41.0 Å². The molecule has 0 spiro atoms. The molecule has 45 heavy (non-hydrogen) atoms. The van der Waals surface area contributed by atoms with Crippen molar-refractivity contribution in [3.8, 4) is 0 Å². The van der Waals surface area contributed by atoms with E-state index in [1.807, 2.05) is 91.0 Å². The van der Waals surface area contributed by atoms with Gasteiger partial charge in [0.2, 0.25) is 5.91 Å². The van der Waals surface area contributed by atoms with Gasteiger partial charge in [-0.15, -0.1) is 10.2 Å². The molecule has 4 N–H and O–H groups in total. The van der Waals surface area contributed by atoms with E-state index in [2.05, 4.69) is 27.8 Å². The van der Waals surface area contributed by atoms with Crippen molar-refractivity contribution in [1.29, 1.82) is 0 Å². The maximum atomic E-state index is 13.9. The van der Waals surface area contributed by atoms with Crippen LogP contribution < -0.4 is 16.4 Å². The first-order valence-electron chi connectivity index (χ1n) is 15.3. The summed E-state index contributed by atoms with van der Waals surface area (Å²) in [4.78, 5) is 26.4. The summed E-state index contributed by atoms with van der Waals surface area (Å²) >= 11 is 1.24. The standard InChI is InChI=1S/C35H43N5O4S/c1-5-6-22-43-24-29(37-33(42)44-34(2,3)4)32-40-39-31(45-32)28(36)23-30(41)38-35(25-16-10-7-11-17-25,26-18-12-8-13-19-26)27-20-14-9-15-21-27/h7-21,28-29H,5-6,22-24,36H2,1-4H3,(H,37,42)(H,38,41)/t28-,29-/m0/s1. The number of nitrogens with zero attached hydrogens (tertiary/aromatic N) is 2. The highest BCUT2D eigenvalue weighted by Gasteiger charge is 2.38. The van der Waals surface area contributed by atoms with Crippen molar-refractivity contribution >= 4 is 23.3 Å². The van der Waals surface area contributed by atoms with Gasteiger partial charge in [-0.25, -0.2) is 4.79 Å². The van der Waals surface area contributed by atoms with Crippen LogP contribution in [0.2, 0.25) is 0 Å². The Kier molecular flexibility index (Phi) is 11.8. The van der Waals surface area contributed by atoms with E-state index in [0.29, 0.717) is 16.6 Å². The molecule has 0 saturated heterocycles. The van der Waals surface area contributed by atoms with Gasteiger partial charge in [0.1, 0.15) is 27.2 Å². The van der Waals surface area contributed by atoms with Crippen molar-refractivity contribution in [3.63, 3.8) is 0 Å². The van der Waals surface area contributed by atoms with Gasteiger partial charge in [0, 0.05) is 13.0 Å². The fourth-order valence-corrected chi connectivity index (χ4v) is 5.82. The second-order valence-corrected chi connectivity index (χ2v) is 12.9. The maximum absolute atomic E-state index is 13.9. The summed E-state index contributed by atoms with van der Waals surface area (Å²) in [6.07, 6.45) is 1.28. The minimum atomic E-state index is -0.953. The van der Waals surface area contributed by atoms with Gasteiger partial charge in [0.25, 0.3) is 0 Å². The Balaban J connectivity index is 1.56. The number of nitrogens with one attached hydrogen (secondary N) is 2. The van der Waals surface area contributed by atoms with Gasteiger partial charge < -0.3 is 25.8 Å². The zero-order chi connectivity index (χ0) is 32.3. The van der Waals surface area contributed by atoms with Crippen LogP contribution in [0.4, 0.5) is 4.79 Å². The Morgan fingerprint density at radius 2 is 1.36 bits per heavy atom. The van der Waals surface area contributed by atoms with Crippen LogP contribution in [0.1, 0.15) is 85.7 Å². The number of ether oxygens (including phenoxy) is 2. The van der Waals surface area contributed by atoms with Crippen LogP contribution in [0.25, 0.3) is 0 Å². The highest BCUT2D eigenvalue weighted by molar-refractivity contribution is 7.11. The molecule has 2 atom stereocenters. The Hall–Kier alpha value is -4.12. The number of aromatic nitrogens is 2. The Morgan fingerprint density at radius 3 is 1.84 bits per heavy atom. The molecule has 0 aliphatic carbocycles. The van der Waals surface area contributed by atoms with E-state index in [9.17, 15) is 9.59 Å². The summed E-state index contributed by atoms with van der Waals surface area (Å²) in [5.41, 5.74) is 7.72. The van der Waals surface area contributed by atoms with Crippen molar-refractivity contribution < 1.29 is 19.1 Å². The number of amides is 2. The predicted molar refractivity (Wildman–Crippen MR) is 177 cm³/mol. The smallest absolute Gasteiger partial charge is 0.408 e. The lowest BCUT2D eigenvalue weighted by molar-refractivity contribution is -0.122. The summed E-state index contributed by atoms with van der Waals surface area (Å²) in [5.74, 6) is -0.248. The number of nitrogens with two attached hydrogens (primary N) is 1. The molecule has 0 aliphatic rings. The molecule has 0 fully saturated rings. The number of benzene rings is 3. The van der Waals surface area contributed by atoms with Gasteiger partial charge in [-0.2, -0.15) is 0 Å². The molecular formula is C35H43N5O4S. The first-order valence-corrected chi connectivity index (χ1v) is 16.1. The fraction of sp³-hybridized carbons (Fsp3) is 0.371. The summed E-state index contributed by atoms with van der Waals surface area (Å²) in [6, 6.07) is 28.4. The molecule has 3 aromatic carbocycles. The van der Waals surface area contributed by atoms with E-state index in [4.69, 9.17) is 15.2 Å². The molecule has 0 bridgehead atoms. The lowest BCUT2D eigenvalue weighted by Gasteiger charge is -2.37. The molecule has 9 nitrogen and oxygen atoms in total. The number of hydrogen-bond acceptors (Lipinski definition) is 8. The molecule has 4 rings (SSSR count). The third kappa shape index (κ3) is 9.20. The summed E-state index contributed by atoms with van der Waals surface area (Å²) in [5, 5.41) is 15.8. The highest BCUT2D eigenvalue weighted by Crippen LogP contribution is 2.37. The van der Waals surface area contributed by atoms with E-state index in [0.717, 1.165) is 29.5 Å². The number of rotatable bonds is 14. The average Bonchev–Trinajstić information content (AvgIpc) is 3.52. The third-order valence-corrected chi connectivity index (χ3v) is 8.21. The summed E-state index contributed by atoms with van der Waals surface area (Å²) in [6.45, 7) is 8.24. The summed E-state index contributed by atoms with van der Waals surface area (Å²) in [7, 11) is 0.